The van der Waals surface area contributed by atoms with Crippen LogP contribution in [0.3, 0.4) is 0 Å². The fourth-order valence-corrected chi connectivity index (χ4v) is 4.42. The number of carboxylic acids is 1. The molecular weight excluding hydrogens is 436 g/mol. The zero-order chi connectivity index (χ0) is 24.7. The van der Waals surface area contributed by atoms with Crippen LogP contribution in [0, 0.1) is 0 Å². The van der Waals surface area contributed by atoms with Gasteiger partial charge in [0.15, 0.2) is 0 Å². The van der Waals surface area contributed by atoms with Crippen molar-refractivity contribution in [1.29, 1.82) is 0 Å². The zero-order valence-corrected chi connectivity index (χ0v) is 19.8. The molecule has 0 saturated carbocycles. The van der Waals surface area contributed by atoms with E-state index in [-0.39, 0.29) is 38.4 Å². The lowest BCUT2D eigenvalue weighted by molar-refractivity contribution is -0.143. The second kappa shape index (κ2) is 11.2. The summed E-state index contributed by atoms with van der Waals surface area (Å²) in [6.07, 6.45) is -0.0531. The summed E-state index contributed by atoms with van der Waals surface area (Å²) in [5.41, 5.74) is 3.14. The number of amides is 2. The van der Waals surface area contributed by atoms with Gasteiger partial charge in [0.25, 0.3) is 0 Å². The third kappa shape index (κ3) is 5.22. The van der Waals surface area contributed by atoms with Crippen molar-refractivity contribution in [2.45, 2.75) is 50.6 Å². The molecule has 0 fully saturated rings. The average molecular weight is 469 g/mol. The van der Waals surface area contributed by atoms with Crippen LogP contribution in [0.15, 0.2) is 48.5 Å². The van der Waals surface area contributed by atoms with Gasteiger partial charge in [-0.3, -0.25) is 4.79 Å². The van der Waals surface area contributed by atoms with E-state index in [9.17, 15) is 19.5 Å². The highest BCUT2D eigenvalue weighted by molar-refractivity contribution is 5.92. The topological polar surface area (TPSA) is 114 Å². The molecule has 1 aliphatic carbocycles. The van der Waals surface area contributed by atoms with Gasteiger partial charge in [0.2, 0.25) is 5.91 Å². The number of alkyl carbamates (subject to hydrolysis) is 1. The minimum absolute atomic E-state index is 0.102. The van der Waals surface area contributed by atoms with Crippen LogP contribution in [0.4, 0.5) is 4.79 Å². The monoisotopic (exact) mass is 468 g/mol. The van der Waals surface area contributed by atoms with Crippen LogP contribution in [-0.2, 0) is 19.1 Å². The van der Waals surface area contributed by atoms with Gasteiger partial charge in [-0.15, -0.1) is 0 Å². The Morgan fingerprint density at radius 1 is 1.00 bits per heavy atom. The van der Waals surface area contributed by atoms with E-state index in [1.807, 2.05) is 36.4 Å². The first-order chi connectivity index (χ1) is 16.4. The van der Waals surface area contributed by atoms with Gasteiger partial charge in [0.05, 0.1) is 0 Å². The Kier molecular flexibility index (Phi) is 8.28. The molecule has 3 N–H and O–H groups in total. The molecule has 1 unspecified atom stereocenters. The molecule has 2 aromatic carbocycles. The van der Waals surface area contributed by atoms with Crippen molar-refractivity contribution in [1.82, 2.24) is 10.6 Å². The number of nitrogens with one attached hydrogen (secondary N) is 2. The van der Waals surface area contributed by atoms with Crippen LogP contribution in [0.5, 0.6) is 0 Å². The van der Waals surface area contributed by atoms with Crippen LogP contribution in [-0.4, -0.2) is 55.0 Å². The normalized spacial score (nSPS) is 13.5. The highest BCUT2D eigenvalue weighted by Gasteiger charge is 2.39. The van der Waals surface area contributed by atoms with Crippen LogP contribution in [0.1, 0.15) is 50.2 Å². The van der Waals surface area contributed by atoms with Gasteiger partial charge in [0.1, 0.15) is 18.2 Å². The van der Waals surface area contributed by atoms with Crippen LogP contribution in [0.25, 0.3) is 11.1 Å². The number of ether oxygens (including phenoxy) is 2. The standard InChI is InChI=1S/C26H32N2O6/c1-4-26(5-2,24(31)27-22(23(29)30)14-15-33-3)28-25(32)34-16-21-19-12-8-6-10-17(19)18-11-7-9-13-20(18)21/h6-13,21-22H,4-5,14-16H2,1-3H3,(H,27,31)(H,28,32)(H,29,30). The van der Waals surface area contributed by atoms with Crippen LogP contribution >= 0.6 is 0 Å². The van der Waals surface area contributed by atoms with E-state index in [1.165, 1.54) is 7.11 Å². The van der Waals surface area contributed by atoms with Crippen molar-refractivity contribution in [2.75, 3.05) is 20.3 Å². The summed E-state index contributed by atoms with van der Waals surface area (Å²) in [5.74, 6) is -1.82. The van der Waals surface area contributed by atoms with Crippen molar-refractivity contribution in [2.24, 2.45) is 0 Å². The smallest absolute Gasteiger partial charge is 0.408 e. The maximum atomic E-state index is 13.0. The zero-order valence-electron chi connectivity index (χ0n) is 19.8. The second-order valence-corrected chi connectivity index (χ2v) is 8.39. The molecule has 0 saturated heterocycles. The van der Waals surface area contributed by atoms with Gasteiger partial charge in [-0.1, -0.05) is 62.4 Å². The van der Waals surface area contributed by atoms with Gasteiger partial charge >= 0.3 is 12.1 Å². The molecule has 0 aromatic heterocycles. The first kappa shape index (κ1) is 25.2. The van der Waals surface area contributed by atoms with Crippen molar-refractivity contribution >= 4 is 18.0 Å². The maximum Gasteiger partial charge on any atom is 0.408 e. The Labute approximate surface area is 199 Å². The summed E-state index contributed by atoms with van der Waals surface area (Å²) in [7, 11) is 1.46. The molecule has 0 aliphatic heterocycles. The molecule has 0 radical (unpaired) electrons. The van der Waals surface area contributed by atoms with E-state index in [1.54, 1.807) is 13.8 Å². The highest BCUT2D eigenvalue weighted by atomic mass is 16.5. The average Bonchev–Trinajstić information content (AvgIpc) is 3.17. The van der Waals surface area contributed by atoms with E-state index in [0.29, 0.717) is 0 Å². The van der Waals surface area contributed by atoms with Gasteiger partial charge in [0, 0.05) is 26.1 Å². The van der Waals surface area contributed by atoms with E-state index < -0.39 is 29.6 Å². The van der Waals surface area contributed by atoms with Crippen molar-refractivity contribution in [3.8, 4) is 11.1 Å². The predicted octanol–water partition coefficient (Wildman–Crippen LogP) is 3.69. The summed E-state index contributed by atoms with van der Waals surface area (Å²) in [6.45, 7) is 3.83. The number of hydrogen-bond acceptors (Lipinski definition) is 5. The van der Waals surface area contributed by atoms with Crippen LogP contribution < -0.4 is 10.6 Å². The molecule has 3 rings (SSSR count). The Hall–Kier alpha value is -3.39. The Morgan fingerprint density at radius 2 is 1.56 bits per heavy atom. The van der Waals surface area contributed by atoms with E-state index in [4.69, 9.17) is 9.47 Å². The molecular formula is C26H32N2O6. The molecule has 8 heteroatoms. The molecule has 2 aromatic rings. The summed E-state index contributed by atoms with van der Waals surface area (Å²) in [5, 5.41) is 14.7. The summed E-state index contributed by atoms with van der Waals surface area (Å²) < 4.78 is 10.5. The van der Waals surface area contributed by atoms with E-state index >= 15 is 0 Å². The fraction of sp³-hybridized carbons (Fsp3) is 0.423. The first-order valence-corrected chi connectivity index (χ1v) is 11.5. The number of benzene rings is 2. The summed E-state index contributed by atoms with van der Waals surface area (Å²) in [6, 6.07) is 14.9. The van der Waals surface area contributed by atoms with Gasteiger partial charge in [-0.25, -0.2) is 9.59 Å². The van der Waals surface area contributed by atoms with Crippen molar-refractivity contribution in [3.63, 3.8) is 0 Å². The molecule has 182 valence electrons. The predicted molar refractivity (Wildman–Crippen MR) is 128 cm³/mol. The summed E-state index contributed by atoms with van der Waals surface area (Å²) in [4.78, 5) is 37.4. The number of fused-ring (bicyclic) bond motifs is 3. The lowest BCUT2D eigenvalue weighted by Gasteiger charge is -2.32. The number of carbonyl (C=O) groups excluding carboxylic acids is 2. The molecule has 1 aliphatic rings. The molecule has 8 nitrogen and oxygen atoms in total. The molecule has 34 heavy (non-hydrogen) atoms. The lowest BCUT2D eigenvalue weighted by atomic mass is 9.91. The molecule has 0 spiro atoms. The number of hydrogen-bond donors (Lipinski definition) is 3. The number of carbonyl (C=O) groups is 3. The molecule has 2 amide bonds. The SMILES string of the molecule is CCC(CC)(NC(=O)OCC1c2ccccc2-c2ccccc21)C(=O)NC(CCOC)C(=O)O. The Morgan fingerprint density at radius 3 is 2.06 bits per heavy atom. The number of aliphatic carboxylic acids is 1. The third-order valence-electron chi connectivity index (χ3n) is 6.54. The number of carboxylic acid groups (broad SMARTS) is 1. The number of methoxy groups -OCH3 is 1. The molecule has 0 heterocycles. The van der Waals surface area contributed by atoms with Gasteiger partial charge in [-0.05, 0) is 35.1 Å². The fourth-order valence-electron chi connectivity index (χ4n) is 4.42. The molecule has 1 atom stereocenters. The van der Waals surface area contributed by atoms with Crippen molar-refractivity contribution < 1.29 is 29.0 Å². The Balaban J connectivity index is 1.69. The molecule has 0 bridgehead atoms. The lowest BCUT2D eigenvalue weighted by Crippen LogP contribution is -2.60. The highest BCUT2D eigenvalue weighted by Crippen LogP contribution is 2.44. The van der Waals surface area contributed by atoms with Crippen molar-refractivity contribution in [3.05, 3.63) is 59.7 Å². The largest absolute Gasteiger partial charge is 0.480 e. The second-order valence-electron chi connectivity index (χ2n) is 8.39. The minimum atomic E-state index is -1.29. The van der Waals surface area contributed by atoms with Gasteiger partial charge < -0.3 is 25.2 Å². The minimum Gasteiger partial charge on any atom is -0.480 e. The van der Waals surface area contributed by atoms with E-state index in [2.05, 4.69) is 22.8 Å². The maximum absolute atomic E-state index is 13.0. The number of rotatable bonds is 11. The quantitative estimate of drug-likeness (QED) is 0.464. The summed E-state index contributed by atoms with van der Waals surface area (Å²) >= 11 is 0. The third-order valence-corrected chi connectivity index (χ3v) is 6.54. The Bertz CT molecular complexity index is 988. The van der Waals surface area contributed by atoms with Gasteiger partial charge in [-0.2, -0.15) is 0 Å². The van der Waals surface area contributed by atoms with E-state index in [0.717, 1.165) is 22.3 Å². The first-order valence-electron chi connectivity index (χ1n) is 11.5. The van der Waals surface area contributed by atoms with Crippen LogP contribution in [0.2, 0.25) is 0 Å².